The van der Waals surface area contributed by atoms with Crippen molar-refractivity contribution in [1.29, 1.82) is 0 Å². The molecule has 1 atom stereocenters. The molecule has 1 unspecified atom stereocenters. The zero-order valence-electron chi connectivity index (χ0n) is 9.62. The molecule has 0 amide bonds. The van der Waals surface area contributed by atoms with Crippen LogP contribution in [-0.2, 0) is 7.05 Å². The van der Waals surface area contributed by atoms with Gasteiger partial charge in [0.25, 0.3) is 0 Å². The van der Waals surface area contributed by atoms with E-state index in [9.17, 15) is 0 Å². The number of hydrogen-bond donors (Lipinski definition) is 1. The molecule has 0 fully saturated rings. The fourth-order valence-electron chi connectivity index (χ4n) is 2.05. The second-order valence-electron chi connectivity index (χ2n) is 4.23. The van der Waals surface area contributed by atoms with Crippen molar-refractivity contribution in [2.45, 2.75) is 26.3 Å². The summed E-state index contributed by atoms with van der Waals surface area (Å²) in [5.74, 6) is 0. The molecule has 0 aliphatic rings. The van der Waals surface area contributed by atoms with E-state index in [2.05, 4.69) is 49.9 Å². The summed E-state index contributed by atoms with van der Waals surface area (Å²) in [5, 5.41) is 1.30. The van der Waals surface area contributed by atoms with Crippen LogP contribution in [0.15, 0.2) is 24.4 Å². The van der Waals surface area contributed by atoms with Crippen LogP contribution in [0, 0.1) is 6.92 Å². The summed E-state index contributed by atoms with van der Waals surface area (Å²) >= 11 is 0. The van der Waals surface area contributed by atoms with E-state index in [1.807, 2.05) is 0 Å². The first kappa shape index (κ1) is 10.2. The number of rotatable bonds is 2. The monoisotopic (exact) mass is 202 g/mol. The Morgan fingerprint density at radius 2 is 2.13 bits per heavy atom. The van der Waals surface area contributed by atoms with Gasteiger partial charge in [0.15, 0.2) is 0 Å². The van der Waals surface area contributed by atoms with Crippen LogP contribution in [-0.4, -0.2) is 4.57 Å². The molecule has 1 aromatic carbocycles. The Balaban J connectivity index is 2.69. The molecule has 2 nitrogen and oxygen atoms in total. The summed E-state index contributed by atoms with van der Waals surface area (Å²) in [7, 11) is 2.07. The fraction of sp³-hybridized carbons (Fsp3) is 0.385. The molecule has 2 aromatic rings. The van der Waals surface area contributed by atoms with Gasteiger partial charge < -0.3 is 10.3 Å². The van der Waals surface area contributed by atoms with Crippen LogP contribution in [0.4, 0.5) is 0 Å². The summed E-state index contributed by atoms with van der Waals surface area (Å²) in [5.41, 5.74) is 9.93. The number of fused-ring (bicyclic) bond motifs is 1. The maximum Gasteiger partial charge on any atom is 0.0481 e. The molecule has 0 radical (unpaired) electrons. The lowest BCUT2D eigenvalue weighted by molar-refractivity contribution is 0.700. The third-order valence-corrected chi connectivity index (χ3v) is 3.02. The number of aromatic nitrogens is 1. The van der Waals surface area contributed by atoms with Crippen molar-refractivity contribution >= 4 is 10.9 Å². The lowest BCUT2D eigenvalue weighted by atomic mass is 10.0. The number of nitrogens with zero attached hydrogens (tertiary/aromatic N) is 1. The highest BCUT2D eigenvalue weighted by atomic mass is 14.9. The van der Waals surface area contributed by atoms with Gasteiger partial charge in [0.2, 0.25) is 0 Å². The maximum absolute atomic E-state index is 6.11. The van der Waals surface area contributed by atoms with E-state index in [4.69, 9.17) is 5.73 Å². The van der Waals surface area contributed by atoms with Gasteiger partial charge in [0.1, 0.15) is 0 Å². The highest BCUT2D eigenvalue weighted by molar-refractivity contribution is 5.85. The molecule has 0 bridgehead atoms. The molecule has 0 saturated carbocycles. The topological polar surface area (TPSA) is 30.9 Å². The summed E-state index contributed by atoms with van der Waals surface area (Å²) in [4.78, 5) is 0. The third kappa shape index (κ3) is 1.65. The third-order valence-electron chi connectivity index (χ3n) is 3.02. The highest BCUT2D eigenvalue weighted by Gasteiger charge is 2.11. The van der Waals surface area contributed by atoms with Gasteiger partial charge in [-0.1, -0.05) is 18.6 Å². The molecule has 2 rings (SSSR count). The van der Waals surface area contributed by atoms with E-state index in [0.717, 1.165) is 6.42 Å². The Hall–Kier alpha value is -1.28. The van der Waals surface area contributed by atoms with Gasteiger partial charge in [-0.05, 0) is 31.0 Å². The van der Waals surface area contributed by atoms with E-state index in [-0.39, 0.29) is 6.04 Å². The predicted molar refractivity (Wildman–Crippen MR) is 64.9 cm³/mol. The average Bonchev–Trinajstić information content (AvgIpc) is 2.54. The first-order valence-electron chi connectivity index (χ1n) is 5.44. The Bertz CT molecular complexity index is 482. The Kier molecular flexibility index (Phi) is 2.53. The van der Waals surface area contributed by atoms with Gasteiger partial charge in [0.05, 0.1) is 0 Å². The molecule has 0 aliphatic heterocycles. The van der Waals surface area contributed by atoms with E-state index >= 15 is 0 Å². The van der Waals surface area contributed by atoms with E-state index in [1.165, 1.54) is 22.0 Å². The SMILES string of the molecule is CCC(N)c1cn(C)c2ccc(C)cc12. The van der Waals surface area contributed by atoms with Gasteiger partial charge in [0, 0.05) is 30.2 Å². The molecule has 1 aromatic heterocycles. The van der Waals surface area contributed by atoms with E-state index in [0.29, 0.717) is 0 Å². The Morgan fingerprint density at radius 1 is 1.40 bits per heavy atom. The van der Waals surface area contributed by atoms with Gasteiger partial charge in [-0.3, -0.25) is 0 Å². The van der Waals surface area contributed by atoms with Crippen molar-refractivity contribution < 1.29 is 0 Å². The minimum absolute atomic E-state index is 0.149. The smallest absolute Gasteiger partial charge is 0.0481 e. The lowest BCUT2D eigenvalue weighted by Crippen LogP contribution is -2.07. The second kappa shape index (κ2) is 3.70. The van der Waals surface area contributed by atoms with Crippen LogP contribution in [0.1, 0.15) is 30.5 Å². The Labute approximate surface area is 90.7 Å². The van der Waals surface area contributed by atoms with Crippen LogP contribution in [0.3, 0.4) is 0 Å². The molecule has 2 N–H and O–H groups in total. The molecule has 0 spiro atoms. The van der Waals surface area contributed by atoms with E-state index < -0.39 is 0 Å². The minimum atomic E-state index is 0.149. The molecule has 0 saturated heterocycles. The second-order valence-corrected chi connectivity index (χ2v) is 4.23. The summed E-state index contributed by atoms with van der Waals surface area (Å²) < 4.78 is 2.15. The zero-order chi connectivity index (χ0) is 11.0. The van der Waals surface area contributed by atoms with Gasteiger partial charge in [-0.15, -0.1) is 0 Å². The number of benzene rings is 1. The number of hydrogen-bond acceptors (Lipinski definition) is 1. The minimum Gasteiger partial charge on any atom is -0.350 e. The predicted octanol–water partition coefficient (Wildman–Crippen LogP) is 2.90. The molecule has 80 valence electrons. The summed E-state index contributed by atoms with van der Waals surface area (Å²) in [6, 6.07) is 6.68. The highest BCUT2D eigenvalue weighted by Crippen LogP contribution is 2.27. The fourth-order valence-corrected chi connectivity index (χ4v) is 2.05. The first-order valence-corrected chi connectivity index (χ1v) is 5.44. The number of nitrogens with two attached hydrogens (primary N) is 1. The van der Waals surface area contributed by atoms with Gasteiger partial charge >= 0.3 is 0 Å². The molecule has 1 heterocycles. The average molecular weight is 202 g/mol. The molecule has 0 aliphatic carbocycles. The summed E-state index contributed by atoms with van der Waals surface area (Å²) in [6.07, 6.45) is 3.13. The molecular weight excluding hydrogens is 184 g/mol. The van der Waals surface area contributed by atoms with Crippen LogP contribution in [0.2, 0.25) is 0 Å². The zero-order valence-corrected chi connectivity index (χ0v) is 9.62. The van der Waals surface area contributed by atoms with Crippen LogP contribution >= 0.6 is 0 Å². The van der Waals surface area contributed by atoms with Crippen molar-refractivity contribution in [3.8, 4) is 0 Å². The van der Waals surface area contributed by atoms with Crippen molar-refractivity contribution in [3.05, 3.63) is 35.5 Å². The van der Waals surface area contributed by atoms with E-state index in [1.54, 1.807) is 0 Å². The standard InChI is InChI=1S/C13H18N2/c1-4-12(14)11-8-15(3)13-6-5-9(2)7-10(11)13/h5-8,12H,4,14H2,1-3H3. The normalized spacial score (nSPS) is 13.3. The van der Waals surface area contributed by atoms with Gasteiger partial charge in [-0.25, -0.2) is 0 Å². The Morgan fingerprint density at radius 3 is 2.80 bits per heavy atom. The lowest BCUT2D eigenvalue weighted by Gasteiger charge is -2.06. The molecule has 15 heavy (non-hydrogen) atoms. The van der Waals surface area contributed by atoms with Crippen molar-refractivity contribution in [2.75, 3.05) is 0 Å². The van der Waals surface area contributed by atoms with Crippen LogP contribution < -0.4 is 5.73 Å². The number of aryl methyl sites for hydroxylation is 2. The summed E-state index contributed by atoms with van der Waals surface area (Å²) in [6.45, 7) is 4.24. The first-order chi connectivity index (χ1) is 7.13. The van der Waals surface area contributed by atoms with Crippen molar-refractivity contribution in [3.63, 3.8) is 0 Å². The largest absolute Gasteiger partial charge is 0.350 e. The van der Waals surface area contributed by atoms with Gasteiger partial charge in [-0.2, -0.15) is 0 Å². The quantitative estimate of drug-likeness (QED) is 0.797. The van der Waals surface area contributed by atoms with Crippen LogP contribution in [0.5, 0.6) is 0 Å². The molecular formula is C13H18N2. The maximum atomic E-state index is 6.11. The van der Waals surface area contributed by atoms with Crippen molar-refractivity contribution in [1.82, 2.24) is 4.57 Å². The van der Waals surface area contributed by atoms with Crippen LogP contribution in [0.25, 0.3) is 10.9 Å². The molecule has 2 heteroatoms. The van der Waals surface area contributed by atoms with Crippen molar-refractivity contribution in [2.24, 2.45) is 12.8 Å².